The van der Waals surface area contributed by atoms with E-state index < -0.39 is 4.92 Å². The van der Waals surface area contributed by atoms with Gasteiger partial charge in [0.1, 0.15) is 6.20 Å². The van der Waals surface area contributed by atoms with E-state index in [-0.39, 0.29) is 5.82 Å². The Morgan fingerprint density at radius 3 is 3.00 bits per heavy atom. The normalized spacial score (nSPS) is 11.1. The summed E-state index contributed by atoms with van der Waals surface area (Å²) in [7, 11) is 0. The van der Waals surface area contributed by atoms with Gasteiger partial charge in [-0.15, -0.1) is 11.3 Å². The lowest BCUT2D eigenvalue weighted by Crippen LogP contribution is -2.07. The average Bonchev–Trinajstić information content (AvgIpc) is 3.04. The molecule has 3 rings (SSSR count). The highest BCUT2D eigenvalue weighted by molar-refractivity contribution is 7.15. The number of aromatic nitrogens is 3. The number of nitrogens with zero attached hydrogens (tertiary/aromatic N) is 4. The van der Waals surface area contributed by atoms with Gasteiger partial charge in [0, 0.05) is 23.7 Å². The van der Waals surface area contributed by atoms with Crippen LogP contribution in [0.3, 0.4) is 0 Å². The van der Waals surface area contributed by atoms with Crippen molar-refractivity contribution in [2.45, 2.75) is 13.3 Å². The van der Waals surface area contributed by atoms with Crippen LogP contribution in [0.1, 0.15) is 10.7 Å². The van der Waals surface area contributed by atoms with E-state index >= 15 is 0 Å². The molecule has 3 heterocycles. The second-order valence-electron chi connectivity index (χ2n) is 4.13. The molecule has 0 fully saturated rings. The molecule has 0 aliphatic heterocycles. The average molecular weight is 309 g/mol. The van der Waals surface area contributed by atoms with Gasteiger partial charge in [-0.1, -0.05) is 11.3 Å². The van der Waals surface area contributed by atoms with Crippen LogP contribution in [-0.2, 0) is 6.42 Å². The van der Waals surface area contributed by atoms with Crippen LogP contribution in [0.4, 0.5) is 11.6 Å². The van der Waals surface area contributed by atoms with Crippen molar-refractivity contribution in [3.05, 3.63) is 37.8 Å². The first-order chi connectivity index (χ1) is 9.65. The van der Waals surface area contributed by atoms with Crippen molar-refractivity contribution >= 4 is 39.3 Å². The molecule has 0 bridgehead atoms. The first-order valence-electron chi connectivity index (χ1n) is 5.90. The molecule has 7 nitrogen and oxygen atoms in total. The Morgan fingerprint density at radius 2 is 2.30 bits per heavy atom. The first-order valence-corrected chi connectivity index (χ1v) is 7.66. The van der Waals surface area contributed by atoms with E-state index in [1.807, 2.05) is 12.3 Å². The molecule has 0 unspecified atom stereocenters. The fourth-order valence-electron chi connectivity index (χ4n) is 1.90. The third-order valence-corrected chi connectivity index (χ3v) is 4.33. The molecule has 0 radical (unpaired) electrons. The van der Waals surface area contributed by atoms with Crippen molar-refractivity contribution in [2.24, 2.45) is 0 Å². The van der Waals surface area contributed by atoms with Crippen molar-refractivity contribution in [1.82, 2.24) is 14.4 Å². The lowest BCUT2D eigenvalue weighted by Gasteiger charge is -2.01. The summed E-state index contributed by atoms with van der Waals surface area (Å²) in [5, 5.41) is 18.9. The molecule has 0 saturated heterocycles. The van der Waals surface area contributed by atoms with Crippen molar-refractivity contribution in [3.8, 4) is 0 Å². The first kappa shape index (κ1) is 13.0. The van der Waals surface area contributed by atoms with Crippen molar-refractivity contribution in [2.75, 3.05) is 11.9 Å². The number of fused-ring (bicyclic) bond motifs is 1. The highest BCUT2D eigenvalue weighted by atomic mass is 32.1. The fourth-order valence-corrected chi connectivity index (χ4v) is 3.26. The molecule has 3 aromatic heterocycles. The maximum atomic E-state index is 11.1. The van der Waals surface area contributed by atoms with E-state index in [9.17, 15) is 10.1 Å². The number of hydrogen-bond acceptors (Lipinski definition) is 7. The fraction of sp³-hybridized carbons (Fsp3) is 0.273. The number of anilines is 1. The van der Waals surface area contributed by atoms with Crippen LogP contribution in [0.15, 0.2) is 17.0 Å². The Balaban J connectivity index is 1.75. The zero-order valence-corrected chi connectivity index (χ0v) is 12.2. The van der Waals surface area contributed by atoms with Crippen LogP contribution in [0.2, 0.25) is 0 Å². The van der Waals surface area contributed by atoms with Gasteiger partial charge < -0.3 is 15.4 Å². The molecule has 3 aromatic rings. The minimum Gasteiger partial charge on any atom is -0.363 e. The number of imidazole rings is 1. The minimum absolute atomic E-state index is 0.0179. The largest absolute Gasteiger partial charge is 0.372 e. The van der Waals surface area contributed by atoms with Gasteiger partial charge in [0.15, 0.2) is 0 Å². The van der Waals surface area contributed by atoms with Gasteiger partial charge in [-0.3, -0.25) is 0 Å². The predicted octanol–water partition coefficient (Wildman–Crippen LogP) is 2.72. The van der Waals surface area contributed by atoms with E-state index in [0.29, 0.717) is 23.7 Å². The topological polar surface area (TPSA) is 85.4 Å². The number of aryl methyl sites for hydroxylation is 1. The van der Waals surface area contributed by atoms with Crippen LogP contribution >= 0.6 is 22.7 Å². The molecule has 9 heteroatoms. The number of thiazole rings is 2. The molecule has 0 atom stereocenters. The highest BCUT2D eigenvalue weighted by Gasteiger charge is 2.23. The van der Waals surface area contributed by atoms with Gasteiger partial charge >= 0.3 is 5.82 Å². The summed E-state index contributed by atoms with van der Waals surface area (Å²) in [5.74, 6) is 0.296. The van der Waals surface area contributed by atoms with Crippen LogP contribution < -0.4 is 5.32 Å². The molecule has 0 aliphatic rings. The molecular formula is C11H11N5O2S2. The quantitative estimate of drug-likeness (QED) is 0.578. The van der Waals surface area contributed by atoms with E-state index in [1.54, 1.807) is 22.9 Å². The number of rotatable bonds is 5. The van der Waals surface area contributed by atoms with E-state index in [2.05, 4.69) is 15.3 Å². The van der Waals surface area contributed by atoms with Crippen molar-refractivity contribution in [3.63, 3.8) is 0 Å². The second kappa shape index (κ2) is 5.17. The Kier molecular flexibility index (Phi) is 3.36. The summed E-state index contributed by atoms with van der Waals surface area (Å²) in [6.45, 7) is 2.52. The molecule has 0 aromatic carbocycles. The summed E-state index contributed by atoms with van der Waals surface area (Å²) >= 11 is 2.97. The van der Waals surface area contributed by atoms with Crippen molar-refractivity contribution < 1.29 is 4.92 Å². The molecule has 0 aliphatic carbocycles. The lowest BCUT2D eigenvalue weighted by molar-refractivity contribution is -0.389. The smallest absolute Gasteiger partial charge is 0.363 e. The molecule has 20 heavy (non-hydrogen) atoms. The van der Waals surface area contributed by atoms with E-state index in [1.165, 1.54) is 15.7 Å². The maximum Gasteiger partial charge on any atom is 0.372 e. The zero-order valence-electron chi connectivity index (χ0n) is 10.6. The Morgan fingerprint density at radius 1 is 1.45 bits per heavy atom. The van der Waals surface area contributed by atoms with Crippen LogP contribution in [0.25, 0.3) is 4.96 Å². The van der Waals surface area contributed by atoms with Crippen LogP contribution in [0.5, 0.6) is 0 Å². The summed E-state index contributed by atoms with van der Waals surface area (Å²) < 4.78 is 1.49. The molecule has 0 saturated carbocycles. The highest BCUT2D eigenvalue weighted by Crippen LogP contribution is 2.27. The summed E-state index contributed by atoms with van der Waals surface area (Å²) in [4.78, 5) is 19.9. The summed E-state index contributed by atoms with van der Waals surface area (Å²) in [6, 6.07) is 0. The van der Waals surface area contributed by atoms with E-state index in [4.69, 9.17) is 0 Å². The maximum absolute atomic E-state index is 11.1. The summed E-state index contributed by atoms with van der Waals surface area (Å²) in [5.41, 5.74) is 0.990. The monoisotopic (exact) mass is 309 g/mol. The number of nitrogens with one attached hydrogen (secondary N) is 1. The van der Waals surface area contributed by atoms with Crippen LogP contribution in [0, 0.1) is 17.0 Å². The van der Waals surface area contributed by atoms with Crippen LogP contribution in [-0.4, -0.2) is 25.8 Å². The van der Waals surface area contributed by atoms with Gasteiger partial charge in [-0.2, -0.15) is 9.38 Å². The SMILES string of the molecule is Cc1nc(CCNc2nc3sccn3c2[N+](=O)[O-])cs1. The molecule has 1 N–H and O–H groups in total. The van der Waals surface area contributed by atoms with Gasteiger partial charge in [0.2, 0.25) is 5.82 Å². The number of nitro groups is 1. The van der Waals surface area contributed by atoms with Crippen molar-refractivity contribution in [1.29, 1.82) is 0 Å². The minimum atomic E-state index is -0.415. The standard InChI is InChI=1S/C11H11N5O2S2/c1-7-13-8(6-20-7)2-3-12-9-10(16(17)18)15-4-5-19-11(15)14-9/h4-6,12H,2-3H2,1H3. The Hall–Kier alpha value is -2.00. The molecule has 0 amide bonds. The molecule has 104 valence electrons. The third-order valence-electron chi connectivity index (χ3n) is 2.75. The van der Waals surface area contributed by atoms with Gasteiger partial charge in [-0.25, -0.2) is 4.98 Å². The Bertz CT molecular complexity index is 760. The second-order valence-corrected chi connectivity index (χ2v) is 6.07. The molecule has 0 spiro atoms. The van der Waals surface area contributed by atoms with Gasteiger partial charge in [0.05, 0.1) is 10.7 Å². The number of hydrogen-bond donors (Lipinski definition) is 1. The van der Waals surface area contributed by atoms with Gasteiger partial charge in [0.25, 0.3) is 4.96 Å². The summed E-state index contributed by atoms with van der Waals surface area (Å²) in [6.07, 6.45) is 2.37. The predicted molar refractivity (Wildman–Crippen MR) is 78.8 cm³/mol. The zero-order chi connectivity index (χ0) is 14.1. The Labute approximate surface area is 122 Å². The third kappa shape index (κ3) is 2.37. The lowest BCUT2D eigenvalue weighted by atomic mass is 10.3. The van der Waals surface area contributed by atoms with E-state index in [0.717, 1.165) is 10.7 Å². The van der Waals surface area contributed by atoms with Gasteiger partial charge in [-0.05, 0) is 11.8 Å². The molecular weight excluding hydrogens is 298 g/mol.